The molecule has 2 aromatic rings. The smallest absolute Gasteiger partial charge is 0.0606 e. The molecule has 2 heterocycles. The third-order valence-electron chi connectivity index (χ3n) is 3.57. The second kappa shape index (κ2) is 6.00. The van der Waals surface area contributed by atoms with Gasteiger partial charge in [-0.3, -0.25) is 0 Å². The van der Waals surface area contributed by atoms with Crippen molar-refractivity contribution in [2.45, 2.75) is 12.5 Å². The minimum atomic E-state index is 0.308. The van der Waals surface area contributed by atoms with E-state index in [0.29, 0.717) is 6.04 Å². The van der Waals surface area contributed by atoms with E-state index in [1.54, 1.807) is 11.3 Å². The van der Waals surface area contributed by atoms with Crippen molar-refractivity contribution in [1.29, 1.82) is 0 Å². The first-order valence-corrected chi connectivity index (χ1v) is 7.99. The molecule has 0 radical (unpaired) electrons. The zero-order valence-corrected chi connectivity index (χ0v) is 12.9. The number of anilines is 1. The van der Waals surface area contributed by atoms with Crippen LogP contribution in [0.25, 0.3) is 5.57 Å². The van der Waals surface area contributed by atoms with Crippen LogP contribution < -0.4 is 10.6 Å². The van der Waals surface area contributed by atoms with E-state index in [1.165, 1.54) is 16.0 Å². The molecule has 1 aromatic heterocycles. The molecule has 1 aliphatic heterocycles. The lowest BCUT2D eigenvalue weighted by molar-refractivity contribution is 0.616. The predicted octanol–water partition coefficient (Wildman–Crippen LogP) is 4.56. The molecular weight excluding hydrogens is 288 g/mol. The van der Waals surface area contributed by atoms with Gasteiger partial charge in [-0.25, -0.2) is 0 Å². The van der Waals surface area contributed by atoms with Crippen molar-refractivity contribution in [2.75, 3.05) is 18.9 Å². The van der Waals surface area contributed by atoms with Gasteiger partial charge < -0.3 is 10.6 Å². The number of rotatable bonds is 3. The second-order valence-corrected chi connectivity index (χ2v) is 6.24. The molecular formula is C16H17ClN2S. The van der Waals surface area contributed by atoms with Gasteiger partial charge in [0.05, 0.1) is 6.04 Å². The monoisotopic (exact) mass is 304 g/mol. The lowest BCUT2D eigenvalue weighted by Crippen LogP contribution is -2.24. The maximum absolute atomic E-state index is 6.16. The van der Waals surface area contributed by atoms with E-state index in [4.69, 9.17) is 11.6 Å². The standard InChI is InChI=1S/C16H17ClN2S/c1-18-14-5-4-12(17)10-13(14)11-6-7-19-15(9-11)16-3-2-8-20-16/h2-5,8-10,15,18-19H,6-7H2,1H3. The fourth-order valence-corrected chi connectivity index (χ4v) is 3.52. The average molecular weight is 305 g/mol. The van der Waals surface area contributed by atoms with Gasteiger partial charge in [-0.1, -0.05) is 23.7 Å². The van der Waals surface area contributed by atoms with Gasteiger partial charge in [0, 0.05) is 34.7 Å². The first kappa shape index (κ1) is 13.7. The van der Waals surface area contributed by atoms with E-state index in [-0.39, 0.29) is 0 Å². The van der Waals surface area contributed by atoms with Crippen LogP contribution in [0.4, 0.5) is 5.69 Å². The summed E-state index contributed by atoms with van der Waals surface area (Å²) < 4.78 is 0. The Kier molecular flexibility index (Phi) is 4.10. The van der Waals surface area contributed by atoms with E-state index >= 15 is 0 Å². The highest BCUT2D eigenvalue weighted by molar-refractivity contribution is 7.10. The molecule has 0 bridgehead atoms. The quantitative estimate of drug-likeness (QED) is 0.868. The summed E-state index contributed by atoms with van der Waals surface area (Å²) in [5, 5.41) is 9.71. The molecule has 2 nitrogen and oxygen atoms in total. The summed E-state index contributed by atoms with van der Waals surface area (Å²) >= 11 is 7.95. The molecule has 0 saturated heterocycles. The molecule has 0 fully saturated rings. The van der Waals surface area contributed by atoms with E-state index in [0.717, 1.165) is 23.7 Å². The molecule has 1 aliphatic rings. The summed E-state index contributed by atoms with van der Waals surface area (Å²) in [5.41, 5.74) is 3.70. The van der Waals surface area contributed by atoms with Gasteiger partial charge >= 0.3 is 0 Å². The maximum Gasteiger partial charge on any atom is 0.0606 e. The van der Waals surface area contributed by atoms with Crippen LogP contribution in [0.2, 0.25) is 5.02 Å². The Morgan fingerprint density at radius 1 is 1.35 bits per heavy atom. The molecule has 4 heteroatoms. The van der Waals surface area contributed by atoms with Gasteiger partial charge in [-0.2, -0.15) is 0 Å². The normalized spacial score (nSPS) is 18.7. The number of halogens is 1. The van der Waals surface area contributed by atoms with Gasteiger partial charge in [0.2, 0.25) is 0 Å². The lowest BCUT2D eigenvalue weighted by Gasteiger charge is -2.23. The van der Waals surface area contributed by atoms with Crippen molar-refractivity contribution < 1.29 is 0 Å². The number of thiophene rings is 1. The maximum atomic E-state index is 6.16. The summed E-state index contributed by atoms with van der Waals surface area (Å²) in [6.07, 6.45) is 3.35. The Labute approximate surface area is 128 Å². The van der Waals surface area contributed by atoms with Crippen molar-refractivity contribution in [3.05, 3.63) is 57.3 Å². The van der Waals surface area contributed by atoms with Crippen LogP contribution in [0, 0.1) is 0 Å². The zero-order valence-electron chi connectivity index (χ0n) is 11.3. The Balaban J connectivity index is 1.99. The molecule has 1 atom stereocenters. The number of nitrogens with one attached hydrogen (secondary N) is 2. The molecule has 1 unspecified atom stereocenters. The van der Waals surface area contributed by atoms with Crippen molar-refractivity contribution in [3.8, 4) is 0 Å². The molecule has 0 amide bonds. The zero-order chi connectivity index (χ0) is 13.9. The summed E-state index contributed by atoms with van der Waals surface area (Å²) in [7, 11) is 1.95. The fraction of sp³-hybridized carbons (Fsp3) is 0.250. The van der Waals surface area contributed by atoms with Gasteiger partial charge in [0.25, 0.3) is 0 Å². The van der Waals surface area contributed by atoms with E-state index in [9.17, 15) is 0 Å². The Morgan fingerprint density at radius 2 is 2.25 bits per heavy atom. The minimum Gasteiger partial charge on any atom is -0.388 e. The van der Waals surface area contributed by atoms with Crippen LogP contribution in [0.5, 0.6) is 0 Å². The highest BCUT2D eigenvalue weighted by atomic mass is 35.5. The van der Waals surface area contributed by atoms with E-state index in [1.807, 2.05) is 19.2 Å². The molecule has 3 rings (SSSR count). The average Bonchev–Trinajstić information content (AvgIpc) is 3.01. The first-order valence-electron chi connectivity index (χ1n) is 6.73. The lowest BCUT2D eigenvalue weighted by atomic mass is 9.95. The summed E-state index contributed by atoms with van der Waals surface area (Å²) in [6.45, 7) is 0.990. The highest BCUT2D eigenvalue weighted by Crippen LogP contribution is 2.34. The predicted molar refractivity (Wildman–Crippen MR) is 88.7 cm³/mol. The van der Waals surface area contributed by atoms with Crippen LogP contribution in [-0.4, -0.2) is 13.6 Å². The molecule has 0 saturated carbocycles. The van der Waals surface area contributed by atoms with Crippen LogP contribution >= 0.6 is 22.9 Å². The van der Waals surface area contributed by atoms with Crippen LogP contribution in [0.3, 0.4) is 0 Å². The molecule has 0 spiro atoms. The largest absolute Gasteiger partial charge is 0.388 e. The molecule has 0 aliphatic carbocycles. The van der Waals surface area contributed by atoms with E-state index < -0.39 is 0 Å². The second-order valence-electron chi connectivity index (χ2n) is 4.83. The summed E-state index contributed by atoms with van der Waals surface area (Å²) in [6, 6.07) is 10.6. The van der Waals surface area contributed by atoms with Gasteiger partial charge in [0.15, 0.2) is 0 Å². The third-order valence-corrected chi connectivity index (χ3v) is 4.76. The van der Waals surface area contributed by atoms with Crippen molar-refractivity contribution in [3.63, 3.8) is 0 Å². The van der Waals surface area contributed by atoms with Gasteiger partial charge in [-0.15, -0.1) is 11.3 Å². The van der Waals surface area contributed by atoms with Crippen LogP contribution in [0.15, 0.2) is 41.8 Å². The molecule has 20 heavy (non-hydrogen) atoms. The topological polar surface area (TPSA) is 24.1 Å². The Hall–Kier alpha value is -1.29. The minimum absolute atomic E-state index is 0.308. The molecule has 1 aromatic carbocycles. The first-order chi connectivity index (χ1) is 9.78. The summed E-state index contributed by atoms with van der Waals surface area (Å²) in [5.74, 6) is 0. The Morgan fingerprint density at radius 3 is 3.00 bits per heavy atom. The molecule has 2 N–H and O–H groups in total. The fourth-order valence-electron chi connectivity index (χ4n) is 2.58. The summed E-state index contributed by atoms with van der Waals surface area (Å²) in [4.78, 5) is 1.36. The molecule has 104 valence electrons. The van der Waals surface area contributed by atoms with E-state index in [2.05, 4.69) is 40.3 Å². The van der Waals surface area contributed by atoms with Crippen LogP contribution in [-0.2, 0) is 0 Å². The number of hydrogen-bond acceptors (Lipinski definition) is 3. The van der Waals surface area contributed by atoms with Gasteiger partial charge in [-0.05, 0) is 41.6 Å². The number of benzene rings is 1. The Bertz CT molecular complexity index is 619. The van der Waals surface area contributed by atoms with Gasteiger partial charge in [0.1, 0.15) is 0 Å². The van der Waals surface area contributed by atoms with Crippen molar-refractivity contribution >= 4 is 34.2 Å². The van der Waals surface area contributed by atoms with Crippen molar-refractivity contribution in [1.82, 2.24) is 5.32 Å². The van der Waals surface area contributed by atoms with Crippen LogP contribution in [0.1, 0.15) is 22.9 Å². The SMILES string of the molecule is CNc1ccc(Cl)cc1C1=CC(c2cccs2)NCC1. The highest BCUT2D eigenvalue weighted by Gasteiger charge is 2.18. The van der Waals surface area contributed by atoms with Crippen molar-refractivity contribution in [2.24, 2.45) is 0 Å². The number of hydrogen-bond donors (Lipinski definition) is 2. The third kappa shape index (κ3) is 2.75.